The SMILES string of the molecule is O=[SH](=O)Cc1ccc(CP(=O)(O)O)cc1. The van der Waals surface area contributed by atoms with Gasteiger partial charge in [0.25, 0.3) is 0 Å². The number of hydrogen-bond acceptors (Lipinski definition) is 3. The van der Waals surface area contributed by atoms with Gasteiger partial charge in [-0.05, 0) is 11.1 Å². The molecule has 0 spiro atoms. The average molecular weight is 250 g/mol. The molecule has 15 heavy (non-hydrogen) atoms. The molecule has 2 N–H and O–H groups in total. The van der Waals surface area contributed by atoms with Crippen LogP contribution in [0, 0.1) is 0 Å². The molecule has 0 aliphatic heterocycles. The molecule has 0 aliphatic carbocycles. The van der Waals surface area contributed by atoms with Crippen LogP contribution in [0.25, 0.3) is 0 Å². The summed E-state index contributed by atoms with van der Waals surface area (Å²) < 4.78 is 31.5. The molecule has 0 heterocycles. The zero-order valence-electron chi connectivity index (χ0n) is 7.74. The smallest absolute Gasteiger partial charge is 0.324 e. The van der Waals surface area contributed by atoms with Gasteiger partial charge < -0.3 is 9.79 Å². The lowest BCUT2D eigenvalue weighted by Crippen LogP contribution is -1.90. The third-order valence-corrected chi connectivity index (χ3v) is 3.12. The average Bonchev–Trinajstić information content (AvgIpc) is 2.05. The molecule has 84 valence electrons. The second-order valence-electron chi connectivity index (χ2n) is 3.13. The van der Waals surface area contributed by atoms with Crippen molar-refractivity contribution in [2.75, 3.05) is 0 Å². The molecule has 0 radical (unpaired) electrons. The van der Waals surface area contributed by atoms with E-state index in [4.69, 9.17) is 9.79 Å². The van der Waals surface area contributed by atoms with Gasteiger partial charge in [-0.15, -0.1) is 0 Å². The summed E-state index contributed by atoms with van der Waals surface area (Å²) in [6, 6.07) is 6.15. The molecule has 0 saturated carbocycles. The Morgan fingerprint density at radius 2 is 1.53 bits per heavy atom. The molecule has 0 fully saturated rings. The van der Waals surface area contributed by atoms with E-state index in [0.717, 1.165) is 0 Å². The molecule has 0 saturated heterocycles. The second kappa shape index (κ2) is 4.90. The highest BCUT2D eigenvalue weighted by Crippen LogP contribution is 2.38. The first kappa shape index (κ1) is 12.4. The van der Waals surface area contributed by atoms with E-state index in [1.807, 2.05) is 0 Å². The predicted molar refractivity (Wildman–Crippen MR) is 56.2 cm³/mol. The minimum absolute atomic E-state index is 0.0501. The molecule has 0 bridgehead atoms. The molecule has 0 amide bonds. The Hall–Kier alpha value is -0.680. The fraction of sp³-hybridized carbons (Fsp3) is 0.250. The molecular formula is C8H11O5PS. The second-order valence-corrected chi connectivity index (χ2v) is 5.76. The van der Waals surface area contributed by atoms with Crippen molar-refractivity contribution in [2.45, 2.75) is 11.9 Å². The van der Waals surface area contributed by atoms with E-state index in [1.54, 1.807) is 12.1 Å². The number of thiol groups is 1. The molecule has 7 heteroatoms. The van der Waals surface area contributed by atoms with E-state index >= 15 is 0 Å². The van der Waals surface area contributed by atoms with Gasteiger partial charge in [0, 0.05) is 0 Å². The Morgan fingerprint density at radius 1 is 1.07 bits per heavy atom. The van der Waals surface area contributed by atoms with Crippen molar-refractivity contribution in [3.05, 3.63) is 35.4 Å². The van der Waals surface area contributed by atoms with Crippen LogP contribution in [-0.2, 0) is 27.2 Å². The number of hydrogen-bond donors (Lipinski definition) is 3. The van der Waals surface area contributed by atoms with Crippen LogP contribution in [0.4, 0.5) is 0 Å². The molecule has 1 aromatic carbocycles. The first-order valence-corrected chi connectivity index (χ1v) is 7.27. The summed E-state index contributed by atoms with van der Waals surface area (Å²) in [5, 5.41) is 0. The first-order chi connectivity index (χ1) is 6.87. The van der Waals surface area contributed by atoms with Crippen molar-refractivity contribution in [2.24, 2.45) is 0 Å². The minimum Gasteiger partial charge on any atom is -0.324 e. The molecule has 0 unspecified atom stereocenters. The van der Waals surface area contributed by atoms with Gasteiger partial charge in [-0.2, -0.15) is 0 Å². The summed E-state index contributed by atoms with van der Waals surface area (Å²) in [4.78, 5) is 17.4. The maximum absolute atomic E-state index is 10.7. The summed E-state index contributed by atoms with van der Waals surface area (Å²) in [5.41, 5.74) is 1.11. The van der Waals surface area contributed by atoms with E-state index in [0.29, 0.717) is 11.1 Å². The van der Waals surface area contributed by atoms with E-state index < -0.39 is 18.3 Å². The molecule has 0 aromatic heterocycles. The van der Waals surface area contributed by atoms with Crippen molar-refractivity contribution >= 4 is 18.3 Å². The molecule has 1 aromatic rings. The summed E-state index contributed by atoms with van der Waals surface area (Å²) in [5.74, 6) is -0.0501. The van der Waals surface area contributed by atoms with Crippen LogP contribution in [0.5, 0.6) is 0 Å². The standard InChI is InChI=1S/C8H11O5PS/c9-14(10,11)5-7-1-3-8(4-2-7)6-15(12)13/h1-4,15H,5-6H2,(H2,9,10,11). The Labute approximate surface area is 88.9 Å². The fourth-order valence-electron chi connectivity index (χ4n) is 1.14. The summed E-state index contributed by atoms with van der Waals surface area (Å²) >= 11 is 0. The summed E-state index contributed by atoms with van der Waals surface area (Å²) in [7, 11) is -6.52. The Kier molecular flexibility index (Phi) is 4.04. The van der Waals surface area contributed by atoms with Crippen LogP contribution in [0.1, 0.15) is 11.1 Å². The van der Waals surface area contributed by atoms with Crippen molar-refractivity contribution < 1.29 is 22.8 Å². The normalized spacial score (nSPS) is 11.9. The first-order valence-electron chi connectivity index (χ1n) is 4.11. The third-order valence-electron chi connectivity index (χ3n) is 1.72. The van der Waals surface area contributed by atoms with Crippen molar-refractivity contribution in [1.29, 1.82) is 0 Å². The van der Waals surface area contributed by atoms with Crippen LogP contribution in [0.3, 0.4) is 0 Å². The van der Waals surface area contributed by atoms with Gasteiger partial charge in [0.2, 0.25) is 0 Å². The lowest BCUT2D eigenvalue weighted by atomic mass is 10.2. The van der Waals surface area contributed by atoms with Crippen molar-refractivity contribution in [3.63, 3.8) is 0 Å². The van der Waals surface area contributed by atoms with Gasteiger partial charge in [-0.1, -0.05) is 24.3 Å². The van der Waals surface area contributed by atoms with Crippen molar-refractivity contribution in [3.8, 4) is 0 Å². The van der Waals surface area contributed by atoms with E-state index in [2.05, 4.69) is 0 Å². The van der Waals surface area contributed by atoms with E-state index in [9.17, 15) is 13.0 Å². The van der Waals surface area contributed by atoms with Gasteiger partial charge in [0.05, 0.1) is 11.9 Å². The Balaban J connectivity index is 2.77. The molecular weight excluding hydrogens is 239 g/mol. The molecule has 0 atom stereocenters. The maximum atomic E-state index is 10.7. The summed E-state index contributed by atoms with van der Waals surface area (Å²) in [6.45, 7) is 0. The van der Waals surface area contributed by atoms with Gasteiger partial charge in [-0.25, -0.2) is 8.42 Å². The number of benzene rings is 1. The minimum atomic E-state index is -4.05. The highest BCUT2D eigenvalue weighted by atomic mass is 32.2. The Bertz CT molecular complexity index is 437. The third kappa shape index (κ3) is 5.09. The molecule has 5 nitrogen and oxygen atoms in total. The lowest BCUT2D eigenvalue weighted by Gasteiger charge is -2.04. The highest BCUT2D eigenvalue weighted by molar-refractivity contribution is 7.71. The predicted octanol–water partition coefficient (Wildman–Crippen LogP) is 0.476. The number of rotatable bonds is 4. The fourth-order valence-corrected chi connectivity index (χ4v) is 2.33. The quantitative estimate of drug-likeness (QED) is 0.534. The lowest BCUT2D eigenvalue weighted by molar-refractivity contribution is 0.371. The van der Waals surface area contributed by atoms with E-state index in [-0.39, 0.29) is 11.9 Å². The zero-order chi connectivity index (χ0) is 11.5. The topological polar surface area (TPSA) is 91.7 Å². The van der Waals surface area contributed by atoms with E-state index in [1.165, 1.54) is 12.1 Å². The van der Waals surface area contributed by atoms with Gasteiger partial charge in [-0.3, -0.25) is 4.57 Å². The van der Waals surface area contributed by atoms with Crippen LogP contribution >= 0.6 is 7.60 Å². The van der Waals surface area contributed by atoms with Crippen LogP contribution < -0.4 is 0 Å². The van der Waals surface area contributed by atoms with Crippen LogP contribution in [0.2, 0.25) is 0 Å². The Morgan fingerprint density at radius 3 is 1.93 bits per heavy atom. The summed E-state index contributed by atoms with van der Waals surface area (Å²) in [6.07, 6.45) is -0.323. The molecule has 1 rings (SSSR count). The maximum Gasteiger partial charge on any atom is 0.329 e. The largest absolute Gasteiger partial charge is 0.329 e. The van der Waals surface area contributed by atoms with Crippen molar-refractivity contribution in [1.82, 2.24) is 0 Å². The van der Waals surface area contributed by atoms with Crippen LogP contribution in [-0.4, -0.2) is 18.2 Å². The van der Waals surface area contributed by atoms with Gasteiger partial charge in [0.1, 0.15) is 10.7 Å². The zero-order valence-corrected chi connectivity index (χ0v) is 9.53. The van der Waals surface area contributed by atoms with Crippen LogP contribution in [0.15, 0.2) is 24.3 Å². The molecule has 0 aliphatic rings. The van der Waals surface area contributed by atoms with Gasteiger partial charge in [0.15, 0.2) is 0 Å². The van der Waals surface area contributed by atoms with Gasteiger partial charge >= 0.3 is 7.60 Å². The highest BCUT2D eigenvalue weighted by Gasteiger charge is 2.13. The monoisotopic (exact) mass is 250 g/mol.